The minimum atomic E-state index is -0.875. The van der Waals surface area contributed by atoms with Crippen molar-refractivity contribution in [2.24, 2.45) is 0 Å². The molecule has 4 nitrogen and oxygen atoms in total. The number of hydrogen-bond acceptors (Lipinski definition) is 3. The fraction of sp³-hybridized carbons (Fsp3) is 0.750. The molecule has 0 radical (unpaired) electrons. The molecule has 2 unspecified atom stereocenters. The third-order valence-electron chi connectivity index (χ3n) is 3.06. The van der Waals surface area contributed by atoms with Crippen molar-refractivity contribution in [2.45, 2.75) is 44.2 Å². The van der Waals surface area contributed by atoms with Gasteiger partial charge in [-0.05, 0) is 32.6 Å². The number of nitrogens with one attached hydrogen (secondary N) is 1. The molecule has 0 amide bonds. The number of carboxylic acids is 1. The van der Waals surface area contributed by atoms with Gasteiger partial charge in [-0.15, -0.1) is 6.58 Å². The van der Waals surface area contributed by atoms with Crippen LogP contribution in [0.3, 0.4) is 0 Å². The maximum atomic E-state index is 11.2. The molecule has 16 heavy (non-hydrogen) atoms. The largest absolute Gasteiger partial charge is 0.480 e. The molecule has 1 heterocycles. The van der Waals surface area contributed by atoms with Crippen LogP contribution >= 0.6 is 0 Å². The smallest absolute Gasteiger partial charge is 0.323 e. The van der Waals surface area contributed by atoms with Crippen LogP contribution < -0.4 is 5.32 Å². The van der Waals surface area contributed by atoms with Gasteiger partial charge in [-0.25, -0.2) is 0 Å². The molecule has 0 aromatic heterocycles. The fourth-order valence-corrected chi connectivity index (χ4v) is 1.81. The molecule has 1 saturated heterocycles. The Morgan fingerprint density at radius 1 is 1.75 bits per heavy atom. The van der Waals surface area contributed by atoms with Gasteiger partial charge in [-0.2, -0.15) is 0 Å². The monoisotopic (exact) mass is 227 g/mol. The summed E-state index contributed by atoms with van der Waals surface area (Å²) in [4.78, 5) is 11.2. The molecule has 4 heteroatoms. The third-order valence-corrected chi connectivity index (χ3v) is 3.06. The van der Waals surface area contributed by atoms with Crippen molar-refractivity contribution in [2.75, 3.05) is 13.2 Å². The molecule has 0 aliphatic carbocycles. The molecule has 1 rings (SSSR count). The van der Waals surface area contributed by atoms with Gasteiger partial charge in [0.15, 0.2) is 0 Å². The molecule has 0 saturated carbocycles. The normalized spacial score (nSPS) is 23.9. The van der Waals surface area contributed by atoms with Gasteiger partial charge in [-0.1, -0.05) is 6.08 Å². The van der Waals surface area contributed by atoms with Crippen LogP contribution in [0.4, 0.5) is 0 Å². The Bertz CT molecular complexity index is 249. The van der Waals surface area contributed by atoms with E-state index in [1.807, 2.05) is 0 Å². The first-order chi connectivity index (χ1) is 7.58. The van der Waals surface area contributed by atoms with Crippen molar-refractivity contribution in [1.29, 1.82) is 0 Å². The average Bonchev–Trinajstić information content (AvgIpc) is 2.76. The summed E-state index contributed by atoms with van der Waals surface area (Å²) < 4.78 is 5.46. The lowest BCUT2D eigenvalue weighted by atomic mass is 9.95. The van der Waals surface area contributed by atoms with Crippen molar-refractivity contribution >= 4 is 5.97 Å². The lowest BCUT2D eigenvalue weighted by Crippen LogP contribution is -2.51. The van der Waals surface area contributed by atoms with Gasteiger partial charge in [-0.3, -0.25) is 10.1 Å². The summed E-state index contributed by atoms with van der Waals surface area (Å²) in [5.74, 6) is -0.813. The molecular formula is C12H21NO3. The van der Waals surface area contributed by atoms with E-state index in [2.05, 4.69) is 11.9 Å². The van der Waals surface area contributed by atoms with Crippen LogP contribution in [0.5, 0.6) is 0 Å². The first kappa shape index (κ1) is 13.2. The van der Waals surface area contributed by atoms with Crippen LogP contribution in [-0.2, 0) is 9.53 Å². The lowest BCUT2D eigenvalue weighted by molar-refractivity contribution is -0.144. The molecular weight excluding hydrogens is 206 g/mol. The van der Waals surface area contributed by atoms with Crippen molar-refractivity contribution in [1.82, 2.24) is 5.32 Å². The van der Waals surface area contributed by atoms with Gasteiger partial charge >= 0.3 is 5.97 Å². The maximum Gasteiger partial charge on any atom is 0.323 e. The minimum absolute atomic E-state index is 0.169. The zero-order valence-electron chi connectivity index (χ0n) is 9.87. The Morgan fingerprint density at radius 3 is 3.00 bits per heavy atom. The minimum Gasteiger partial charge on any atom is -0.480 e. The van der Waals surface area contributed by atoms with Crippen molar-refractivity contribution in [3.05, 3.63) is 12.7 Å². The summed E-state index contributed by atoms with van der Waals surface area (Å²) in [6.45, 7) is 6.74. The molecule has 92 valence electrons. The average molecular weight is 227 g/mol. The summed E-state index contributed by atoms with van der Waals surface area (Å²) in [6.07, 6.45) is 5.25. The summed E-state index contributed by atoms with van der Waals surface area (Å²) >= 11 is 0. The lowest BCUT2D eigenvalue weighted by Gasteiger charge is -2.27. The van der Waals surface area contributed by atoms with E-state index in [9.17, 15) is 9.90 Å². The summed E-state index contributed by atoms with van der Waals surface area (Å²) in [5, 5.41) is 12.3. The van der Waals surface area contributed by atoms with E-state index in [-0.39, 0.29) is 6.10 Å². The third kappa shape index (κ3) is 3.61. The van der Waals surface area contributed by atoms with Crippen LogP contribution in [0.1, 0.15) is 32.6 Å². The first-order valence-corrected chi connectivity index (χ1v) is 5.79. The number of ether oxygens (including phenoxy) is 1. The van der Waals surface area contributed by atoms with Crippen molar-refractivity contribution in [3.8, 4) is 0 Å². The zero-order valence-corrected chi connectivity index (χ0v) is 9.87. The topological polar surface area (TPSA) is 58.6 Å². The Kier molecular flexibility index (Phi) is 4.96. The van der Waals surface area contributed by atoms with Gasteiger partial charge in [0, 0.05) is 13.2 Å². The van der Waals surface area contributed by atoms with Gasteiger partial charge in [0.05, 0.1) is 6.10 Å². The SMILES string of the molecule is C=CCCC(C)(NCC1CCCO1)C(=O)O. The standard InChI is InChI=1S/C12H21NO3/c1-3-4-7-12(2,11(14)15)13-9-10-6-5-8-16-10/h3,10,13H,1,4-9H2,2H3,(H,14,15). The van der Waals surface area contributed by atoms with E-state index < -0.39 is 11.5 Å². The highest BCUT2D eigenvalue weighted by Gasteiger charge is 2.32. The van der Waals surface area contributed by atoms with Gasteiger partial charge in [0.1, 0.15) is 5.54 Å². The van der Waals surface area contributed by atoms with Crippen LogP contribution in [0, 0.1) is 0 Å². The Morgan fingerprint density at radius 2 is 2.50 bits per heavy atom. The molecule has 1 fully saturated rings. The molecule has 2 atom stereocenters. The van der Waals surface area contributed by atoms with Crippen LogP contribution in [-0.4, -0.2) is 35.9 Å². The predicted molar refractivity (Wildman–Crippen MR) is 62.4 cm³/mol. The Labute approximate surface area is 96.7 Å². The molecule has 0 aromatic rings. The second kappa shape index (κ2) is 6.01. The molecule has 1 aliphatic heterocycles. The second-order valence-corrected chi connectivity index (χ2v) is 4.48. The molecule has 0 bridgehead atoms. The number of hydrogen-bond donors (Lipinski definition) is 2. The summed E-state index contributed by atoms with van der Waals surface area (Å²) in [5.41, 5.74) is -0.875. The summed E-state index contributed by atoms with van der Waals surface area (Å²) in [6, 6.07) is 0. The number of allylic oxidation sites excluding steroid dienone is 1. The highest BCUT2D eigenvalue weighted by Crippen LogP contribution is 2.16. The van der Waals surface area contributed by atoms with E-state index in [0.29, 0.717) is 19.4 Å². The number of rotatable bonds is 7. The fourth-order valence-electron chi connectivity index (χ4n) is 1.81. The Hall–Kier alpha value is -0.870. The number of aliphatic carboxylic acids is 1. The predicted octanol–water partition coefficient (Wildman–Crippen LogP) is 1.56. The Balaban J connectivity index is 2.42. The molecule has 0 spiro atoms. The highest BCUT2D eigenvalue weighted by molar-refractivity contribution is 5.78. The van der Waals surface area contributed by atoms with Crippen LogP contribution in [0.25, 0.3) is 0 Å². The van der Waals surface area contributed by atoms with Crippen molar-refractivity contribution in [3.63, 3.8) is 0 Å². The van der Waals surface area contributed by atoms with E-state index >= 15 is 0 Å². The highest BCUT2D eigenvalue weighted by atomic mass is 16.5. The summed E-state index contributed by atoms with van der Waals surface area (Å²) in [7, 11) is 0. The van der Waals surface area contributed by atoms with E-state index in [4.69, 9.17) is 4.74 Å². The quantitative estimate of drug-likeness (QED) is 0.648. The van der Waals surface area contributed by atoms with Gasteiger partial charge < -0.3 is 9.84 Å². The van der Waals surface area contributed by atoms with E-state index in [1.165, 1.54) is 0 Å². The molecule has 1 aliphatic rings. The van der Waals surface area contributed by atoms with Gasteiger partial charge in [0.25, 0.3) is 0 Å². The second-order valence-electron chi connectivity index (χ2n) is 4.48. The number of carboxylic acid groups (broad SMARTS) is 1. The zero-order chi connectivity index (χ0) is 12.0. The van der Waals surface area contributed by atoms with Crippen molar-refractivity contribution < 1.29 is 14.6 Å². The van der Waals surface area contributed by atoms with Crippen LogP contribution in [0.2, 0.25) is 0 Å². The molecule has 2 N–H and O–H groups in total. The maximum absolute atomic E-state index is 11.2. The van der Waals surface area contributed by atoms with E-state index in [1.54, 1.807) is 13.0 Å². The van der Waals surface area contributed by atoms with Crippen LogP contribution in [0.15, 0.2) is 12.7 Å². The van der Waals surface area contributed by atoms with Gasteiger partial charge in [0.2, 0.25) is 0 Å². The van der Waals surface area contributed by atoms with E-state index in [0.717, 1.165) is 19.4 Å². The first-order valence-electron chi connectivity index (χ1n) is 5.79. The number of carbonyl (C=O) groups is 1. The molecule has 0 aromatic carbocycles.